The zero-order chi connectivity index (χ0) is 15.5. The molecule has 2 rings (SSSR count). The second kappa shape index (κ2) is 6.56. The Labute approximate surface area is 130 Å². The van der Waals surface area contributed by atoms with Crippen molar-refractivity contribution < 1.29 is 14.3 Å². The van der Waals surface area contributed by atoms with Gasteiger partial charge in [0.15, 0.2) is 11.5 Å². The Morgan fingerprint density at radius 3 is 2.67 bits per heavy atom. The van der Waals surface area contributed by atoms with Gasteiger partial charge in [0.25, 0.3) is 5.91 Å². The molecule has 0 aromatic heterocycles. The lowest BCUT2D eigenvalue weighted by Crippen LogP contribution is -2.51. The molecule has 116 valence electrons. The lowest BCUT2D eigenvalue weighted by atomic mass is 9.85. The van der Waals surface area contributed by atoms with Crippen LogP contribution in [0.15, 0.2) is 24.3 Å². The molecule has 2 atom stereocenters. The van der Waals surface area contributed by atoms with Crippen molar-refractivity contribution >= 4 is 17.5 Å². The summed E-state index contributed by atoms with van der Waals surface area (Å²) in [5.74, 6) is 1.63. The minimum atomic E-state index is -0.625. The lowest BCUT2D eigenvalue weighted by Gasteiger charge is -2.33. The van der Waals surface area contributed by atoms with Crippen molar-refractivity contribution in [2.75, 3.05) is 12.5 Å². The minimum absolute atomic E-state index is 0.00303. The first kappa shape index (κ1) is 16.0. The standard InChI is InChI=1S/C16H22ClNO3/c1-16(2,3)14(8-9-17)18-15(19)13-10-20-11-6-4-5-7-12(11)21-13/h4-7,13-14H,8-10H2,1-3H3,(H,18,19). The van der Waals surface area contributed by atoms with Gasteiger partial charge in [-0.25, -0.2) is 0 Å². The molecule has 0 saturated carbocycles. The molecule has 1 aliphatic rings. The number of benzene rings is 1. The van der Waals surface area contributed by atoms with Gasteiger partial charge >= 0.3 is 0 Å². The Hall–Kier alpha value is -1.42. The highest BCUT2D eigenvalue weighted by molar-refractivity contribution is 6.17. The molecule has 0 spiro atoms. The number of hydrogen-bond donors (Lipinski definition) is 1. The summed E-state index contributed by atoms with van der Waals surface area (Å²) in [5.41, 5.74) is -0.0576. The van der Waals surface area contributed by atoms with Crippen LogP contribution < -0.4 is 14.8 Å². The zero-order valence-corrected chi connectivity index (χ0v) is 13.4. The number of amides is 1. The van der Waals surface area contributed by atoms with Crippen molar-refractivity contribution in [3.05, 3.63) is 24.3 Å². The Morgan fingerprint density at radius 1 is 1.38 bits per heavy atom. The summed E-state index contributed by atoms with van der Waals surface area (Å²) in [5, 5.41) is 3.03. The van der Waals surface area contributed by atoms with E-state index in [1.54, 1.807) is 6.07 Å². The summed E-state index contributed by atoms with van der Waals surface area (Å²) >= 11 is 5.83. The molecule has 0 fully saturated rings. The second-order valence-corrected chi connectivity index (χ2v) is 6.65. The highest BCUT2D eigenvalue weighted by atomic mass is 35.5. The molecular formula is C16H22ClNO3. The number of carbonyl (C=O) groups excluding carboxylic acids is 1. The average Bonchev–Trinajstić information content (AvgIpc) is 2.45. The van der Waals surface area contributed by atoms with Crippen LogP contribution in [-0.4, -0.2) is 30.5 Å². The molecule has 0 aliphatic carbocycles. The van der Waals surface area contributed by atoms with E-state index in [1.165, 1.54) is 0 Å². The molecular weight excluding hydrogens is 290 g/mol. The fourth-order valence-corrected chi connectivity index (χ4v) is 2.46. The quantitative estimate of drug-likeness (QED) is 0.870. The number of alkyl halides is 1. The predicted octanol–water partition coefficient (Wildman–Crippen LogP) is 2.99. The van der Waals surface area contributed by atoms with Gasteiger partial charge < -0.3 is 14.8 Å². The van der Waals surface area contributed by atoms with Crippen LogP contribution in [0.25, 0.3) is 0 Å². The third-order valence-corrected chi connectivity index (χ3v) is 3.78. The highest BCUT2D eigenvalue weighted by Gasteiger charge is 2.32. The molecule has 1 amide bonds. The Bertz CT molecular complexity index is 499. The van der Waals surface area contributed by atoms with Gasteiger partial charge in [0, 0.05) is 11.9 Å². The molecule has 5 heteroatoms. The highest BCUT2D eigenvalue weighted by Crippen LogP contribution is 2.31. The van der Waals surface area contributed by atoms with Gasteiger partial charge in [-0.15, -0.1) is 11.6 Å². The van der Waals surface area contributed by atoms with Crippen LogP contribution in [0.3, 0.4) is 0 Å². The Kier molecular flexibility index (Phi) is 4.99. The van der Waals surface area contributed by atoms with Gasteiger partial charge in [-0.3, -0.25) is 4.79 Å². The monoisotopic (exact) mass is 311 g/mol. The molecule has 1 N–H and O–H groups in total. The SMILES string of the molecule is CC(C)(C)C(CCCl)NC(=O)C1COc2ccccc2O1. The van der Waals surface area contributed by atoms with Crippen molar-refractivity contribution in [3.63, 3.8) is 0 Å². The number of rotatable bonds is 4. The average molecular weight is 312 g/mol. The third-order valence-electron chi connectivity index (χ3n) is 3.56. The van der Waals surface area contributed by atoms with E-state index in [0.717, 1.165) is 6.42 Å². The van der Waals surface area contributed by atoms with Gasteiger partial charge in [-0.1, -0.05) is 32.9 Å². The number of fused-ring (bicyclic) bond motifs is 1. The predicted molar refractivity (Wildman–Crippen MR) is 83.1 cm³/mol. The van der Waals surface area contributed by atoms with Gasteiger partial charge in [-0.05, 0) is 24.0 Å². The molecule has 21 heavy (non-hydrogen) atoms. The van der Waals surface area contributed by atoms with Crippen LogP contribution >= 0.6 is 11.6 Å². The molecule has 1 heterocycles. The third kappa shape index (κ3) is 4.03. The molecule has 1 aliphatic heterocycles. The molecule has 4 nitrogen and oxygen atoms in total. The first-order valence-corrected chi connectivity index (χ1v) is 7.70. The normalized spacial score (nSPS) is 19.0. The maximum absolute atomic E-state index is 12.4. The van der Waals surface area contributed by atoms with E-state index in [1.807, 2.05) is 18.2 Å². The number of hydrogen-bond acceptors (Lipinski definition) is 3. The fourth-order valence-electron chi connectivity index (χ4n) is 2.24. The molecule has 1 aromatic rings. The second-order valence-electron chi connectivity index (χ2n) is 6.27. The van der Waals surface area contributed by atoms with Gasteiger partial charge in [0.2, 0.25) is 6.10 Å². The number of ether oxygens (including phenoxy) is 2. The van der Waals surface area contributed by atoms with Gasteiger partial charge in [0.05, 0.1) is 0 Å². The van der Waals surface area contributed by atoms with Crippen LogP contribution in [0.2, 0.25) is 0 Å². The van der Waals surface area contributed by atoms with Gasteiger partial charge in [0.1, 0.15) is 6.61 Å². The number of halogens is 1. The summed E-state index contributed by atoms with van der Waals surface area (Å²) < 4.78 is 11.3. The van der Waals surface area contributed by atoms with E-state index >= 15 is 0 Å². The topological polar surface area (TPSA) is 47.6 Å². The molecule has 0 saturated heterocycles. The van der Waals surface area contributed by atoms with Gasteiger partial charge in [-0.2, -0.15) is 0 Å². The first-order chi connectivity index (χ1) is 9.91. The van der Waals surface area contributed by atoms with Crippen molar-refractivity contribution in [1.82, 2.24) is 5.32 Å². The molecule has 0 bridgehead atoms. The van der Waals surface area contributed by atoms with Crippen molar-refractivity contribution in [3.8, 4) is 11.5 Å². The summed E-state index contributed by atoms with van der Waals surface area (Å²) in [6, 6.07) is 7.36. The summed E-state index contributed by atoms with van der Waals surface area (Å²) in [4.78, 5) is 12.4. The fraction of sp³-hybridized carbons (Fsp3) is 0.562. The maximum Gasteiger partial charge on any atom is 0.264 e. The smallest absolute Gasteiger partial charge is 0.264 e. The van der Waals surface area contributed by atoms with Crippen molar-refractivity contribution in [1.29, 1.82) is 0 Å². The number of para-hydroxylation sites is 2. The van der Waals surface area contributed by atoms with Crippen molar-refractivity contribution in [2.24, 2.45) is 5.41 Å². The summed E-state index contributed by atoms with van der Waals surface area (Å²) in [7, 11) is 0. The Balaban J connectivity index is 2.01. The summed E-state index contributed by atoms with van der Waals surface area (Å²) in [6.45, 7) is 6.47. The zero-order valence-electron chi connectivity index (χ0n) is 12.7. The van der Waals surface area contributed by atoms with E-state index < -0.39 is 6.10 Å². The number of nitrogens with one attached hydrogen (secondary N) is 1. The number of carbonyl (C=O) groups is 1. The largest absolute Gasteiger partial charge is 0.485 e. The van der Waals surface area contributed by atoms with E-state index in [0.29, 0.717) is 17.4 Å². The van der Waals surface area contributed by atoms with Crippen LogP contribution in [-0.2, 0) is 4.79 Å². The minimum Gasteiger partial charge on any atom is -0.485 e. The van der Waals surface area contributed by atoms with E-state index in [2.05, 4.69) is 26.1 Å². The van der Waals surface area contributed by atoms with Crippen LogP contribution in [0.5, 0.6) is 11.5 Å². The van der Waals surface area contributed by atoms with Crippen LogP contribution in [0.4, 0.5) is 0 Å². The molecule has 1 aromatic carbocycles. The molecule has 2 unspecified atom stereocenters. The lowest BCUT2D eigenvalue weighted by molar-refractivity contribution is -0.131. The maximum atomic E-state index is 12.4. The van der Waals surface area contributed by atoms with Crippen molar-refractivity contribution in [2.45, 2.75) is 39.3 Å². The Morgan fingerprint density at radius 2 is 2.05 bits per heavy atom. The summed E-state index contributed by atoms with van der Waals surface area (Å²) in [6.07, 6.45) is 0.0982. The van der Waals surface area contributed by atoms with Crippen LogP contribution in [0.1, 0.15) is 27.2 Å². The molecule has 0 radical (unpaired) electrons. The van der Waals surface area contributed by atoms with Crippen LogP contribution in [0, 0.1) is 5.41 Å². The van der Waals surface area contributed by atoms with E-state index in [4.69, 9.17) is 21.1 Å². The van der Waals surface area contributed by atoms with E-state index in [9.17, 15) is 4.79 Å². The first-order valence-electron chi connectivity index (χ1n) is 7.16. The van der Waals surface area contributed by atoms with E-state index in [-0.39, 0.29) is 24.0 Å².